The third-order valence-corrected chi connectivity index (χ3v) is 12.7. The Morgan fingerprint density at radius 2 is 1.89 bits per heavy atom. The molecule has 3 N–H and O–H groups in total. The van der Waals surface area contributed by atoms with E-state index in [9.17, 15) is 9.59 Å². The molecule has 194 valence electrons. The first-order valence-corrected chi connectivity index (χ1v) is 15.8. The van der Waals surface area contributed by atoms with Crippen molar-refractivity contribution in [2.24, 2.45) is 17.6 Å². The van der Waals surface area contributed by atoms with Crippen LogP contribution >= 0.6 is 0 Å². The molecule has 1 aliphatic carbocycles. The molecule has 1 aliphatic heterocycles. The number of primary amides is 1. The molecule has 8 heteroatoms. The van der Waals surface area contributed by atoms with Gasteiger partial charge in [0.1, 0.15) is 5.82 Å². The summed E-state index contributed by atoms with van der Waals surface area (Å²) in [5, 5.41) is 3.78. The number of hydrogen-bond donors (Lipinski definition) is 2. The van der Waals surface area contributed by atoms with Gasteiger partial charge in [0.15, 0.2) is 8.32 Å². The number of hydrogen-bond acceptors (Lipinski definition) is 5. The molecule has 2 amide bonds. The maximum absolute atomic E-state index is 12.8. The van der Waals surface area contributed by atoms with Gasteiger partial charge in [0.2, 0.25) is 11.8 Å². The lowest BCUT2D eigenvalue weighted by molar-refractivity contribution is -0.117. The van der Waals surface area contributed by atoms with Crippen LogP contribution in [0.15, 0.2) is 36.4 Å². The standard InChI is InChI=1S/C28H40N4O3Si/c1-17-25(31-24-10-8-9-21(30-24)16-35-36(6,7)28(3,4)5)22-15-20(27(29)34)13-14-23(22)32(18(2)33)26(17)19-11-12-19/h8-10,13-15,17,19,25-26H,11-12,16H2,1-7H3,(H2,29,34)(H,30,31)/t17-,25-,26-/m1/s1. The lowest BCUT2D eigenvalue weighted by Crippen LogP contribution is -2.51. The van der Waals surface area contributed by atoms with Crippen molar-refractivity contribution in [1.82, 2.24) is 4.98 Å². The smallest absolute Gasteiger partial charge is 0.248 e. The van der Waals surface area contributed by atoms with Crippen LogP contribution in [-0.2, 0) is 15.8 Å². The predicted octanol–water partition coefficient (Wildman–Crippen LogP) is 5.64. The molecule has 1 fully saturated rings. The number of pyridine rings is 1. The van der Waals surface area contributed by atoms with Crippen LogP contribution in [0.5, 0.6) is 0 Å². The van der Waals surface area contributed by atoms with Crippen molar-refractivity contribution >= 4 is 31.6 Å². The van der Waals surface area contributed by atoms with E-state index in [4.69, 9.17) is 15.1 Å². The summed E-state index contributed by atoms with van der Waals surface area (Å²) < 4.78 is 6.39. The molecule has 0 spiro atoms. The van der Waals surface area contributed by atoms with Crippen LogP contribution in [0, 0.1) is 11.8 Å². The number of aromatic nitrogens is 1. The van der Waals surface area contributed by atoms with Gasteiger partial charge in [-0.25, -0.2) is 4.98 Å². The second kappa shape index (κ2) is 9.63. The number of carbonyl (C=O) groups excluding carboxylic acids is 2. The average Bonchev–Trinajstić information content (AvgIpc) is 3.63. The van der Waals surface area contributed by atoms with E-state index < -0.39 is 14.2 Å². The normalized spacial score (nSPS) is 22.2. The number of rotatable bonds is 7. The molecule has 1 aromatic carbocycles. The Hall–Kier alpha value is -2.71. The number of fused-ring (bicyclic) bond motifs is 1. The van der Waals surface area contributed by atoms with Crippen molar-refractivity contribution in [3.63, 3.8) is 0 Å². The first kappa shape index (κ1) is 26.4. The molecule has 3 atom stereocenters. The second-order valence-electron chi connectivity index (χ2n) is 11.9. The molecular weight excluding hydrogens is 468 g/mol. The predicted molar refractivity (Wildman–Crippen MR) is 146 cm³/mol. The minimum Gasteiger partial charge on any atom is -0.411 e. The van der Waals surface area contributed by atoms with Crippen LogP contribution in [0.3, 0.4) is 0 Å². The minimum atomic E-state index is -1.90. The van der Waals surface area contributed by atoms with Gasteiger partial charge < -0.3 is 20.4 Å². The van der Waals surface area contributed by atoms with Gasteiger partial charge in [-0.05, 0) is 72.8 Å². The van der Waals surface area contributed by atoms with Crippen LogP contribution in [0.2, 0.25) is 18.1 Å². The Labute approximate surface area is 215 Å². The van der Waals surface area contributed by atoms with Crippen molar-refractivity contribution in [2.45, 2.75) is 84.3 Å². The third kappa shape index (κ3) is 5.20. The molecule has 4 rings (SSSR count). The molecular formula is C28H40N4O3Si. The van der Waals surface area contributed by atoms with Gasteiger partial charge in [0.05, 0.1) is 18.3 Å². The van der Waals surface area contributed by atoms with Crippen LogP contribution < -0.4 is 16.0 Å². The number of nitrogens with zero attached hydrogens (tertiary/aromatic N) is 2. The molecule has 0 saturated heterocycles. The largest absolute Gasteiger partial charge is 0.411 e. The fourth-order valence-electron chi connectivity index (χ4n) is 4.99. The summed E-state index contributed by atoms with van der Waals surface area (Å²) in [7, 11) is -1.90. The highest BCUT2D eigenvalue weighted by Crippen LogP contribution is 2.50. The molecule has 2 aliphatic rings. The molecule has 36 heavy (non-hydrogen) atoms. The quantitative estimate of drug-likeness (QED) is 0.472. The maximum Gasteiger partial charge on any atom is 0.248 e. The van der Waals surface area contributed by atoms with Gasteiger partial charge >= 0.3 is 0 Å². The summed E-state index contributed by atoms with van der Waals surface area (Å²) in [5.74, 6) is 0.892. The zero-order valence-corrected chi connectivity index (χ0v) is 23.6. The SMILES string of the molecule is CC(=O)N1c2ccc(C(N)=O)cc2[C@H](Nc2cccc(CO[Si](C)(C)C(C)(C)C)n2)[C@@H](C)[C@@H]1C1CC1. The van der Waals surface area contributed by atoms with E-state index in [0.29, 0.717) is 18.1 Å². The number of nitrogens with two attached hydrogens (primary N) is 1. The summed E-state index contributed by atoms with van der Waals surface area (Å²) in [5.41, 5.74) is 8.67. The Morgan fingerprint density at radius 3 is 2.47 bits per heavy atom. The monoisotopic (exact) mass is 508 g/mol. The third-order valence-electron chi connectivity index (χ3n) is 8.21. The summed E-state index contributed by atoms with van der Waals surface area (Å²) in [4.78, 5) is 31.6. The Balaban J connectivity index is 1.66. The molecule has 1 saturated carbocycles. The second-order valence-corrected chi connectivity index (χ2v) is 16.7. The van der Waals surface area contributed by atoms with Gasteiger partial charge in [-0.3, -0.25) is 9.59 Å². The van der Waals surface area contributed by atoms with Gasteiger partial charge in [-0.2, -0.15) is 0 Å². The number of amides is 2. The van der Waals surface area contributed by atoms with Gasteiger partial charge in [-0.1, -0.05) is 33.8 Å². The number of nitrogens with one attached hydrogen (secondary N) is 1. The summed E-state index contributed by atoms with van der Waals surface area (Å²) in [6.07, 6.45) is 2.25. The highest BCUT2D eigenvalue weighted by molar-refractivity contribution is 6.74. The summed E-state index contributed by atoms with van der Waals surface area (Å²) >= 11 is 0. The number of benzene rings is 1. The van der Waals surface area contributed by atoms with E-state index >= 15 is 0 Å². The first-order valence-electron chi connectivity index (χ1n) is 12.9. The highest BCUT2D eigenvalue weighted by Gasteiger charge is 2.47. The van der Waals surface area contributed by atoms with Gasteiger partial charge in [0, 0.05) is 30.1 Å². The van der Waals surface area contributed by atoms with Crippen molar-refractivity contribution in [3.8, 4) is 0 Å². The Kier molecular flexibility index (Phi) is 7.05. The summed E-state index contributed by atoms with van der Waals surface area (Å²) in [6.45, 7) is 15.4. The molecule has 2 aromatic rings. The number of anilines is 2. The fraction of sp³-hybridized carbons (Fsp3) is 0.536. The van der Waals surface area contributed by atoms with Gasteiger partial charge in [-0.15, -0.1) is 0 Å². The minimum absolute atomic E-state index is 0.0215. The summed E-state index contributed by atoms with van der Waals surface area (Å²) in [6, 6.07) is 11.3. The van der Waals surface area contributed by atoms with E-state index in [-0.39, 0.29) is 28.9 Å². The van der Waals surface area contributed by atoms with Crippen molar-refractivity contribution in [2.75, 3.05) is 10.2 Å². The van der Waals surface area contributed by atoms with Crippen LogP contribution in [-0.4, -0.2) is 31.2 Å². The molecule has 0 radical (unpaired) electrons. The molecule has 2 heterocycles. The average molecular weight is 509 g/mol. The molecule has 0 bridgehead atoms. The van der Waals surface area contributed by atoms with Crippen LogP contribution in [0.4, 0.5) is 11.5 Å². The van der Waals surface area contributed by atoms with Crippen LogP contribution in [0.25, 0.3) is 0 Å². The van der Waals surface area contributed by atoms with E-state index in [1.54, 1.807) is 13.0 Å². The zero-order valence-electron chi connectivity index (χ0n) is 22.6. The zero-order chi connectivity index (χ0) is 26.4. The van der Waals surface area contributed by atoms with Crippen molar-refractivity contribution in [1.29, 1.82) is 0 Å². The van der Waals surface area contributed by atoms with E-state index in [1.165, 1.54) is 0 Å². The Morgan fingerprint density at radius 1 is 1.19 bits per heavy atom. The number of carbonyl (C=O) groups is 2. The lowest BCUT2D eigenvalue weighted by Gasteiger charge is -2.46. The van der Waals surface area contributed by atoms with E-state index in [1.807, 2.05) is 35.2 Å². The first-order chi connectivity index (χ1) is 16.8. The van der Waals surface area contributed by atoms with Crippen molar-refractivity contribution < 1.29 is 14.0 Å². The fourth-order valence-corrected chi connectivity index (χ4v) is 5.93. The maximum atomic E-state index is 12.8. The lowest BCUT2D eigenvalue weighted by atomic mass is 9.79. The molecule has 1 aromatic heterocycles. The Bertz CT molecular complexity index is 1160. The molecule has 7 nitrogen and oxygen atoms in total. The van der Waals surface area contributed by atoms with E-state index in [2.05, 4.69) is 46.1 Å². The van der Waals surface area contributed by atoms with Crippen LogP contribution in [0.1, 0.15) is 75.1 Å². The van der Waals surface area contributed by atoms with Gasteiger partial charge in [0.25, 0.3) is 0 Å². The highest BCUT2D eigenvalue weighted by atomic mass is 28.4. The molecule has 0 unspecified atom stereocenters. The van der Waals surface area contributed by atoms with E-state index in [0.717, 1.165) is 35.6 Å². The van der Waals surface area contributed by atoms with Crippen molar-refractivity contribution in [3.05, 3.63) is 53.2 Å². The topological polar surface area (TPSA) is 97.5 Å².